The standard InChI is InChI=1S/C24H32N2O4/c1-6-21(23(28)25-24(2,3)4)26(16-18-11-10-14-20(15-18)29-5)22(27)17-30-19-12-8-7-9-13-19/h7-15,21H,6,16-17H2,1-5H3,(H,25,28)/t21-/m0/s1. The summed E-state index contributed by atoms with van der Waals surface area (Å²) < 4.78 is 11.0. The lowest BCUT2D eigenvalue weighted by Gasteiger charge is -2.33. The van der Waals surface area contributed by atoms with Crippen LogP contribution in [0.2, 0.25) is 0 Å². The molecule has 0 unspecified atom stereocenters. The first kappa shape index (κ1) is 23.3. The van der Waals surface area contributed by atoms with Gasteiger partial charge < -0.3 is 19.7 Å². The summed E-state index contributed by atoms with van der Waals surface area (Å²) in [6, 6.07) is 16.1. The Bertz CT molecular complexity index is 831. The van der Waals surface area contributed by atoms with Crippen LogP contribution in [-0.2, 0) is 16.1 Å². The lowest BCUT2D eigenvalue weighted by atomic mass is 10.1. The van der Waals surface area contributed by atoms with Gasteiger partial charge in [0, 0.05) is 12.1 Å². The molecule has 6 nitrogen and oxygen atoms in total. The molecule has 0 saturated carbocycles. The van der Waals surface area contributed by atoms with Gasteiger partial charge in [-0.05, 0) is 57.0 Å². The molecule has 0 aromatic heterocycles. The Morgan fingerprint density at radius 3 is 2.30 bits per heavy atom. The molecule has 6 heteroatoms. The van der Waals surface area contributed by atoms with Gasteiger partial charge in [0.2, 0.25) is 5.91 Å². The van der Waals surface area contributed by atoms with Crippen molar-refractivity contribution >= 4 is 11.8 Å². The van der Waals surface area contributed by atoms with Gasteiger partial charge >= 0.3 is 0 Å². The number of carbonyl (C=O) groups is 2. The number of ether oxygens (including phenoxy) is 2. The van der Waals surface area contributed by atoms with E-state index in [1.165, 1.54) is 0 Å². The molecule has 2 aromatic carbocycles. The van der Waals surface area contributed by atoms with Crippen LogP contribution in [0.1, 0.15) is 39.7 Å². The zero-order valence-corrected chi connectivity index (χ0v) is 18.5. The fraction of sp³-hybridized carbons (Fsp3) is 0.417. The Kier molecular flexibility index (Phi) is 8.27. The van der Waals surface area contributed by atoms with Crippen LogP contribution in [0.25, 0.3) is 0 Å². The summed E-state index contributed by atoms with van der Waals surface area (Å²) >= 11 is 0. The summed E-state index contributed by atoms with van der Waals surface area (Å²) in [6.07, 6.45) is 0.489. The minimum atomic E-state index is -0.609. The minimum Gasteiger partial charge on any atom is -0.497 e. The average Bonchev–Trinajstić information content (AvgIpc) is 2.71. The van der Waals surface area contributed by atoms with Crippen LogP contribution in [0.4, 0.5) is 0 Å². The summed E-state index contributed by atoms with van der Waals surface area (Å²) in [6.45, 7) is 7.80. The summed E-state index contributed by atoms with van der Waals surface area (Å²) in [5.41, 5.74) is 0.486. The topological polar surface area (TPSA) is 67.9 Å². The third kappa shape index (κ3) is 7.10. The van der Waals surface area contributed by atoms with E-state index in [4.69, 9.17) is 9.47 Å². The Morgan fingerprint density at radius 1 is 1.03 bits per heavy atom. The van der Waals surface area contributed by atoms with Gasteiger partial charge in [-0.3, -0.25) is 9.59 Å². The Hall–Kier alpha value is -3.02. The molecule has 2 amide bonds. The number of carbonyl (C=O) groups excluding carboxylic acids is 2. The fourth-order valence-electron chi connectivity index (χ4n) is 3.08. The second-order valence-corrected chi connectivity index (χ2v) is 8.14. The second kappa shape index (κ2) is 10.7. The van der Waals surface area contributed by atoms with Gasteiger partial charge in [-0.2, -0.15) is 0 Å². The molecule has 1 N–H and O–H groups in total. The molecule has 0 saturated heterocycles. The molecule has 30 heavy (non-hydrogen) atoms. The van der Waals surface area contributed by atoms with E-state index < -0.39 is 11.6 Å². The van der Waals surface area contributed by atoms with Crippen molar-refractivity contribution in [3.05, 3.63) is 60.2 Å². The van der Waals surface area contributed by atoms with Crippen molar-refractivity contribution in [2.75, 3.05) is 13.7 Å². The van der Waals surface area contributed by atoms with Crippen LogP contribution < -0.4 is 14.8 Å². The maximum Gasteiger partial charge on any atom is 0.261 e. The van der Waals surface area contributed by atoms with Crippen molar-refractivity contribution in [3.8, 4) is 11.5 Å². The van der Waals surface area contributed by atoms with Gasteiger partial charge in [0.1, 0.15) is 17.5 Å². The van der Waals surface area contributed by atoms with E-state index in [1.54, 1.807) is 24.1 Å². The van der Waals surface area contributed by atoms with Crippen molar-refractivity contribution in [3.63, 3.8) is 0 Å². The average molecular weight is 413 g/mol. The molecule has 2 rings (SSSR count). The molecule has 162 valence electrons. The highest BCUT2D eigenvalue weighted by Crippen LogP contribution is 2.18. The van der Waals surface area contributed by atoms with Crippen LogP contribution in [0.15, 0.2) is 54.6 Å². The van der Waals surface area contributed by atoms with Crippen LogP contribution in [0.5, 0.6) is 11.5 Å². The minimum absolute atomic E-state index is 0.146. The highest BCUT2D eigenvalue weighted by Gasteiger charge is 2.30. The monoisotopic (exact) mass is 412 g/mol. The van der Waals surface area contributed by atoms with Crippen LogP contribution >= 0.6 is 0 Å². The van der Waals surface area contributed by atoms with Crippen molar-refractivity contribution < 1.29 is 19.1 Å². The molecular weight excluding hydrogens is 380 g/mol. The molecule has 0 fully saturated rings. The Labute approximate surface area is 179 Å². The van der Waals surface area contributed by atoms with Crippen molar-refractivity contribution in [2.24, 2.45) is 0 Å². The van der Waals surface area contributed by atoms with Gasteiger partial charge in [-0.25, -0.2) is 0 Å². The summed E-state index contributed by atoms with van der Waals surface area (Å²) in [5, 5.41) is 2.99. The molecule has 2 aromatic rings. The molecule has 0 heterocycles. The first-order valence-corrected chi connectivity index (χ1v) is 10.2. The molecule has 0 aliphatic carbocycles. The molecule has 0 spiro atoms. The number of amides is 2. The number of nitrogens with zero attached hydrogens (tertiary/aromatic N) is 1. The molecule has 0 bridgehead atoms. The zero-order chi connectivity index (χ0) is 22.1. The molecule has 0 aliphatic rings. The number of nitrogens with one attached hydrogen (secondary N) is 1. The van der Waals surface area contributed by atoms with E-state index in [9.17, 15) is 9.59 Å². The van der Waals surface area contributed by atoms with Crippen molar-refractivity contribution in [1.82, 2.24) is 10.2 Å². The summed E-state index contributed by atoms with van der Waals surface area (Å²) in [5.74, 6) is 0.880. The first-order chi connectivity index (χ1) is 14.2. The lowest BCUT2D eigenvalue weighted by Crippen LogP contribution is -2.54. The number of benzene rings is 2. The highest BCUT2D eigenvalue weighted by atomic mass is 16.5. The van der Waals surface area contributed by atoms with Gasteiger partial charge in [0.25, 0.3) is 5.91 Å². The summed E-state index contributed by atoms with van der Waals surface area (Å²) in [7, 11) is 1.60. The zero-order valence-electron chi connectivity index (χ0n) is 18.5. The van der Waals surface area contributed by atoms with Crippen molar-refractivity contribution in [2.45, 2.75) is 52.2 Å². The number of hydrogen-bond donors (Lipinski definition) is 1. The normalized spacial score (nSPS) is 12.0. The summed E-state index contributed by atoms with van der Waals surface area (Å²) in [4.78, 5) is 27.7. The van der Waals surface area contributed by atoms with Crippen LogP contribution in [-0.4, -0.2) is 42.0 Å². The molecular formula is C24H32N2O4. The van der Waals surface area contributed by atoms with Gasteiger partial charge in [0.05, 0.1) is 7.11 Å². The van der Waals surface area contributed by atoms with Gasteiger partial charge in [-0.1, -0.05) is 37.3 Å². The van der Waals surface area contributed by atoms with E-state index in [1.807, 2.05) is 70.2 Å². The predicted molar refractivity (Wildman–Crippen MR) is 117 cm³/mol. The maximum absolute atomic E-state index is 13.1. The van der Waals surface area contributed by atoms with E-state index >= 15 is 0 Å². The molecule has 0 aliphatic heterocycles. The highest BCUT2D eigenvalue weighted by molar-refractivity contribution is 5.88. The fourth-order valence-corrected chi connectivity index (χ4v) is 3.08. The van der Waals surface area contributed by atoms with E-state index in [0.29, 0.717) is 17.9 Å². The molecule has 0 radical (unpaired) electrons. The first-order valence-electron chi connectivity index (χ1n) is 10.2. The largest absolute Gasteiger partial charge is 0.497 e. The smallest absolute Gasteiger partial charge is 0.261 e. The quantitative estimate of drug-likeness (QED) is 0.680. The second-order valence-electron chi connectivity index (χ2n) is 8.14. The van der Waals surface area contributed by atoms with E-state index in [-0.39, 0.29) is 25.0 Å². The van der Waals surface area contributed by atoms with Gasteiger partial charge in [-0.15, -0.1) is 0 Å². The maximum atomic E-state index is 13.1. The SMILES string of the molecule is CC[C@@H](C(=O)NC(C)(C)C)N(Cc1cccc(OC)c1)C(=O)COc1ccccc1. The van der Waals surface area contributed by atoms with E-state index in [0.717, 1.165) is 5.56 Å². The third-order valence-corrected chi connectivity index (χ3v) is 4.48. The Balaban J connectivity index is 2.24. The lowest BCUT2D eigenvalue weighted by molar-refractivity contribution is -0.143. The number of hydrogen-bond acceptors (Lipinski definition) is 4. The number of para-hydroxylation sites is 1. The van der Waals surface area contributed by atoms with E-state index in [2.05, 4.69) is 5.32 Å². The third-order valence-electron chi connectivity index (χ3n) is 4.48. The predicted octanol–water partition coefficient (Wildman–Crippen LogP) is 3.80. The van der Waals surface area contributed by atoms with Crippen LogP contribution in [0.3, 0.4) is 0 Å². The van der Waals surface area contributed by atoms with Crippen molar-refractivity contribution in [1.29, 1.82) is 0 Å². The van der Waals surface area contributed by atoms with Crippen LogP contribution in [0, 0.1) is 0 Å². The van der Waals surface area contributed by atoms with Gasteiger partial charge in [0.15, 0.2) is 6.61 Å². The number of rotatable bonds is 9. The number of methoxy groups -OCH3 is 1. The Morgan fingerprint density at radius 2 is 1.70 bits per heavy atom. The molecule has 1 atom stereocenters.